The highest BCUT2D eigenvalue weighted by molar-refractivity contribution is 9.10. The average molecular weight is 515 g/mol. The molecule has 0 aliphatic rings. The molecule has 0 heterocycles. The molecule has 0 fully saturated rings. The molecule has 5 nitrogen and oxygen atoms in total. The van der Waals surface area contributed by atoms with E-state index >= 15 is 0 Å². The molecule has 144 valence electrons. The SMILES string of the molecule is CCNC(=S)N/N=C\c1cc(OCC)c(OCc2ccc(Br)cc2)cc1Br. The van der Waals surface area contributed by atoms with Gasteiger partial charge in [0, 0.05) is 21.1 Å². The number of nitrogens with one attached hydrogen (secondary N) is 2. The van der Waals surface area contributed by atoms with E-state index in [1.807, 2.05) is 50.2 Å². The molecule has 0 atom stereocenters. The van der Waals surface area contributed by atoms with Crippen LogP contribution in [-0.2, 0) is 6.61 Å². The maximum Gasteiger partial charge on any atom is 0.186 e. The molecule has 0 aliphatic carbocycles. The van der Waals surface area contributed by atoms with Crippen molar-refractivity contribution in [1.82, 2.24) is 10.7 Å². The zero-order valence-corrected chi connectivity index (χ0v) is 19.1. The standard InChI is InChI=1S/C19H21Br2N3O2S/c1-3-22-19(27)24-23-11-14-9-17(25-4-2)18(10-16(14)21)26-12-13-5-7-15(20)8-6-13/h5-11H,3-4,12H2,1-2H3,(H2,22,24,27)/b23-11-. The highest BCUT2D eigenvalue weighted by atomic mass is 79.9. The molecule has 0 saturated heterocycles. The van der Waals surface area contributed by atoms with E-state index in [0.29, 0.717) is 29.8 Å². The summed E-state index contributed by atoms with van der Waals surface area (Å²) in [5, 5.41) is 7.59. The third kappa shape index (κ3) is 7.12. The fourth-order valence-corrected chi connectivity index (χ4v) is 3.02. The lowest BCUT2D eigenvalue weighted by Gasteiger charge is -2.14. The predicted octanol–water partition coefficient (Wildman–Crippen LogP) is 5.01. The van der Waals surface area contributed by atoms with Crippen molar-refractivity contribution in [3.63, 3.8) is 0 Å². The Balaban J connectivity index is 2.13. The summed E-state index contributed by atoms with van der Waals surface area (Å²) in [7, 11) is 0. The van der Waals surface area contributed by atoms with Crippen LogP contribution in [0.25, 0.3) is 0 Å². The minimum atomic E-state index is 0.450. The quantitative estimate of drug-likeness (QED) is 0.294. The molecule has 0 aromatic heterocycles. The van der Waals surface area contributed by atoms with Gasteiger partial charge in [0.1, 0.15) is 6.61 Å². The second-order valence-electron chi connectivity index (χ2n) is 5.40. The van der Waals surface area contributed by atoms with Crippen molar-refractivity contribution in [1.29, 1.82) is 0 Å². The number of halogens is 2. The molecule has 8 heteroatoms. The monoisotopic (exact) mass is 513 g/mol. The Bertz CT molecular complexity index is 798. The van der Waals surface area contributed by atoms with E-state index < -0.39 is 0 Å². The second-order valence-corrected chi connectivity index (χ2v) is 7.58. The fourth-order valence-electron chi connectivity index (χ4n) is 2.13. The van der Waals surface area contributed by atoms with Crippen molar-refractivity contribution in [2.24, 2.45) is 5.10 Å². The highest BCUT2D eigenvalue weighted by Crippen LogP contribution is 2.34. The van der Waals surface area contributed by atoms with Gasteiger partial charge >= 0.3 is 0 Å². The number of nitrogens with zero attached hydrogens (tertiary/aromatic N) is 1. The van der Waals surface area contributed by atoms with Crippen LogP contribution in [0.15, 0.2) is 50.4 Å². The Morgan fingerprint density at radius 2 is 1.81 bits per heavy atom. The van der Waals surface area contributed by atoms with Crippen LogP contribution in [-0.4, -0.2) is 24.5 Å². The Morgan fingerprint density at radius 3 is 2.48 bits per heavy atom. The van der Waals surface area contributed by atoms with Crippen molar-refractivity contribution in [3.05, 3.63) is 56.5 Å². The first kappa shape index (κ1) is 21.7. The van der Waals surface area contributed by atoms with E-state index in [1.165, 1.54) is 0 Å². The summed E-state index contributed by atoms with van der Waals surface area (Å²) < 4.78 is 13.6. The molecular formula is C19H21Br2N3O2S. The number of benzene rings is 2. The van der Waals surface area contributed by atoms with Crippen LogP contribution in [0, 0.1) is 0 Å². The molecule has 0 unspecified atom stereocenters. The third-order valence-corrected chi connectivity index (χ3v) is 4.83. The molecule has 0 bridgehead atoms. The van der Waals surface area contributed by atoms with Gasteiger partial charge in [0.15, 0.2) is 16.6 Å². The number of ether oxygens (including phenoxy) is 2. The zero-order chi connectivity index (χ0) is 19.6. The number of rotatable bonds is 8. The van der Waals surface area contributed by atoms with Crippen LogP contribution in [0.2, 0.25) is 0 Å². The fraction of sp³-hybridized carbons (Fsp3) is 0.263. The minimum absolute atomic E-state index is 0.450. The predicted molar refractivity (Wildman–Crippen MR) is 121 cm³/mol. The van der Waals surface area contributed by atoms with E-state index in [2.05, 4.69) is 47.7 Å². The molecule has 2 aromatic carbocycles. The first-order valence-electron chi connectivity index (χ1n) is 8.44. The smallest absolute Gasteiger partial charge is 0.186 e. The largest absolute Gasteiger partial charge is 0.490 e. The van der Waals surface area contributed by atoms with Crippen LogP contribution in [0.4, 0.5) is 0 Å². The Labute approximate surface area is 181 Å². The molecule has 2 aromatic rings. The first-order valence-corrected chi connectivity index (χ1v) is 10.4. The van der Waals surface area contributed by atoms with Gasteiger partial charge in [-0.2, -0.15) is 5.10 Å². The molecular weight excluding hydrogens is 494 g/mol. The normalized spacial score (nSPS) is 10.7. The topological polar surface area (TPSA) is 54.9 Å². The van der Waals surface area contributed by atoms with Crippen LogP contribution in [0.1, 0.15) is 25.0 Å². The Kier molecular flexibility index (Phi) is 9.03. The molecule has 0 aliphatic heterocycles. The lowest BCUT2D eigenvalue weighted by atomic mass is 10.2. The van der Waals surface area contributed by atoms with Crippen LogP contribution in [0.5, 0.6) is 11.5 Å². The van der Waals surface area contributed by atoms with Gasteiger partial charge in [-0.05, 0) is 71.8 Å². The maximum absolute atomic E-state index is 5.96. The van der Waals surface area contributed by atoms with Gasteiger partial charge in [-0.1, -0.05) is 28.1 Å². The summed E-state index contributed by atoms with van der Waals surface area (Å²) in [5.74, 6) is 1.33. The zero-order valence-electron chi connectivity index (χ0n) is 15.1. The molecule has 2 rings (SSSR count). The third-order valence-electron chi connectivity index (χ3n) is 3.38. The average Bonchev–Trinajstić information content (AvgIpc) is 2.64. The van der Waals surface area contributed by atoms with Gasteiger partial charge in [0.25, 0.3) is 0 Å². The van der Waals surface area contributed by atoms with E-state index in [1.54, 1.807) is 6.21 Å². The van der Waals surface area contributed by atoms with E-state index in [9.17, 15) is 0 Å². The van der Waals surface area contributed by atoms with E-state index in [0.717, 1.165) is 26.6 Å². The van der Waals surface area contributed by atoms with E-state index in [4.69, 9.17) is 21.7 Å². The summed E-state index contributed by atoms with van der Waals surface area (Å²) in [6, 6.07) is 11.8. The van der Waals surface area contributed by atoms with E-state index in [-0.39, 0.29) is 0 Å². The minimum Gasteiger partial charge on any atom is -0.490 e. The molecule has 27 heavy (non-hydrogen) atoms. The van der Waals surface area contributed by atoms with Crippen molar-refractivity contribution >= 4 is 55.4 Å². The van der Waals surface area contributed by atoms with Gasteiger partial charge in [-0.3, -0.25) is 5.43 Å². The first-order chi connectivity index (χ1) is 13.0. The number of hydrazone groups is 1. The number of thiocarbonyl (C=S) groups is 1. The number of hydrogen-bond donors (Lipinski definition) is 2. The van der Waals surface area contributed by atoms with Crippen LogP contribution >= 0.6 is 44.1 Å². The van der Waals surface area contributed by atoms with Crippen molar-refractivity contribution in [2.75, 3.05) is 13.2 Å². The summed E-state index contributed by atoms with van der Waals surface area (Å²) in [4.78, 5) is 0. The molecule has 0 radical (unpaired) electrons. The van der Waals surface area contributed by atoms with Crippen LogP contribution in [0.3, 0.4) is 0 Å². The van der Waals surface area contributed by atoms with Crippen molar-refractivity contribution in [3.8, 4) is 11.5 Å². The molecule has 2 N–H and O–H groups in total. The van der Waals surface area contributed by atoms with Gasteiger partial charge in [-0.15, -0.1) is 0 Å². The van der Waals surface area contributed by atoms with Gasteiger partial charge in [-0.25, -0.2) is 0 Å². The second kappa shape index (κ2) is 11.3. The van der Waals surface area contributed by atoms with Crippen molar-refractivity contribution in [2.45, 2.75) is 20.5 Å². The Morgan fingerprint density at radius 1 is 1.11 bits per heavy atom. The summed E-state index contributed by atoms with van der Waals surface area (Å²) in [6.45, 7) is 5.63. The summed E-state index contributed by atoms with van der Waals surface area (Å²) in [5.41, 5.74) is 4.69. The van der Waals surface area contributed by atoms with Gasteiger partial charge < -0.3 is 14.8 Å². The molecule has 0 saturated carbocycles. The van der Waals surface area contributed by atoms with Crippen LogP contribution < -0.4 is 20.2 Å². The summed E-state index contributed by atoms with van der Waals surface area (Å²) >= 11 is 12.1. The number of hydrogen-bond acceptors (Lipinski definition) is 4. The lowest BCUT2D eigenvalue weighted by Crippen LogP contribution is -2.31. The van der Waals surface area contributed by atoms with Gasteiger partial charge in [0.05, 0.1) is 12.8 Å². The molecule has 0 amide bonds. The maximum atomic E-state index is 5.96. The van der Waals surface area contributed by atoms with Gasteiger partial charge in [0.2, 0.25) is 0 Å². The van der Waals surface area contributed by atoms with Crippen molar-refractivity contribution < 1.29 is 9.47 Å². The summed E-state index contributed by atoms with van der Waals surface area (Å²) in [6.07, 6.45) is 1.68. The molecule has 0 spiro atoms. The lowest BCUT2D eigenvalue weighted by molar-refractivity contribution is 0.269. The highest BCUT2D eigenvalue weighted by Gasteiger charge is 2.10. The Hall–Kier alpha value is -1.64.